The van der Waals surface area contributed by atoms with E-state index in [4.69, 9.17) is 19.9 Å². The number of nitrogens with two attached hydrogens (primary N) is 1. The fraction of sp³-hybridized carbons (Fsp3) is 0.190. The summed E-state index contributed by atoms with van der Waals surface area (Å²) >= 11 is 0. The number of nitrogens with zero attached hydrogens (tertiary/aromatic N) is 3. The van der Waals surface area contributed by atoms with E-state index in [9.17, 15) is 5.26 Å². The minimum absolute atomic E-state index is 0.00865. The highest BCUT2D eigenvalue weighted by molar-refractivity contribution is 5.70. The van der Waals surface area contributed by atoms with Gasteiger partial charge in [-0.2, -0.15) is 5.26 Å². The largest absolute Gasteiger partial charge is 0.493 e. The van der Waals surface area contributed by atoms with Crippen LogP contribution in [0.2, 0.25) is 0 Å². The number of pyridine rings is 1. The Bertz CT molecular complexity index is 1120. The first-order chi connectivity index (χ1) is 14.2. The van der Waals surface area contributed by atoms with Gasteiger partial charge in [-0.1, -0.05) is 18.2 Å². The van der Waals surface area contributed by atoms with Crippen molar-refractivity contribution in [3.05, 3.63) is 65.2 Å². The molecular weight excluding hydrogens is 370 g/mol. The van der Waals surface area contributed by atoms with Crippen LogP contribution in [0.1, 0.15) is 24.0 Å². The van der Waals surface area contributed by atoms with Crippen LogP contribution in [-0.4, -0.2) is 28.9 Å². The Labute approximate surface area is 167 Å². The summed E-state index contributed by atoms with van der Waals surface area (Å²) in [5.41, 5.74) is 9.06. The second kappa shape index (κ2) is 7.56. The van der Waals surface area contributed by atoms with E-state index in [1.54, 1.807) is 13.3 Å². The second-order valence-electron chi connectivity index (χ2n) is 6.27. The first kappa shape index (κ1) is 18.4. The van der Waals surface area contributed by atoms with Gasteiger partial charge in [-0.15, -0.1) is 5.10 Å². The molecule has 0 saturated carbocycles. The summed E-state index contributed by atoms with van der Waals surface area (Å²) in [5.74, 6) is 0.864. The highest BCUT2D eigenvalue weighted by Crippen LogP contribution is 2.49. The highest BCUT2D eigenvalue weighted by Gasteiger charge is 2.38. The van der Waals surface area contributed by atoms with Crippen LogP contribution in [0.15, 0.2) is 54.1 Å². The van der Waals surface area contributed by atoms with Crippen molar-refractivity contribution in [2.24, 2.45) is 5.73 Å². The molecule has 0 amide bonds. The molecule has 8 heteroatoms. The minimum atomic E-state index is -0.559. The molecule has 3 N–H and O–H groups in total. The van der Waals surface area contributed by atoms with Crippen molar-refractivity contribution in [3.63, 3.8) is 0 Å². The number of H-pyrrole nitrogens is 1. The third kappa shape index (κ3) is 3.02. The van der Waals surface area contributed by atoms with Crippen LogP contribution >= 0.6 is 0 Å². The number of hydrogen-bond acceptors (Lipinski definition) is 7. The van der Waals surface area contributed by atoms with E-state index in [1.165, 1.54) is 0 Å². The van der Waals surface area contributed by atoms with Crippen molar-refractivity contribution in [2.75, 3.05) is 13.7 Å². The van der Waals surface area contributed by atoms with Crippen molar-refractivity contribution < 1.29 is 14.2 Å². The fourth-order valence-electron chi connectivity index (χ4n) is 3.48. The number of allylic oxidation sites excluding steroid dienone is 1. The smallest absolute Gasteiger partial charge is 0.244 e. The summed E-state index contributed by atoms with van der Waals surface area (Å²) in [6, 6.07) is 13.3. The van der Waals surface area contributed by atoms with Gasteiger partial charge in [0.05, 0.1) is 36.6 Å². The SMILES string of the molecule is CCOc1c(OC)cccc1C1C(C#N)=C(N)Oc2n[nH]c(-c3ccccn3)c21. The van der Waals surface area contributed by atoms with Gasteiger partial charge in [0.1, 0.15) is 11.6 Å². The minimum Gasteiger partial charge on any atom is -0.493 e. The number of ether oxygens (including phenoxy) is 3. The van der Waals surface area contributed by atoms with E-state index < -0.39 is 5.92 Å². The van der Waals surface area contributed by atoms with Crippen LogP contribution < -0.4 is 19.9 Å². The molecule has 8 nitrogen and oxygen atoms in total. The predicted octanol–water partition coefficient (Wildman–Crippen LogP) is 3.10. The number of hydrogen-bond donors (Lipinski definition) is 2. The number of benzene rings is 1. The normalized spacial score (nSPS) is 15.3. The first-order valence-corrected chi connectivity index (χ1v) is 9.06. The Morgan fingerprint density at radius 2 is 2.14 bits per heavy atom. The van der Waals surface area contributed by atoms with Crippen molar-refractivity contribution in [2.45, 2.75) is 12.8 Å². The van der Waals surface area contributed by atoms with E-state index in [2.05, 4.69) is 21.3 Å². The number of methoxy groups -OCH3 is 1. The molecule has 146 valence electrons. The van der Waals surface area contributed by atoms with Gasteiger partial charge in [0.15, 0.2) is 11.5 Å². The lowest BCUT2D eigenvalue weighted by atomic mass is 9.83. The van der Waals surface area contributed by atoms with Gasteiger partial charge in [0, 0.05) is 11.8 Å². The van der Waals surface area contributed by atoms with Crippen LogP contribution in [0.3, 0.4) is 0 Å². The molecule has 0 fully saturated rings. The zero-order valence-corrected chi connectivity index (χ0v) is 16.0. The number of nitrogens with one attached hydrogen (secondary N) is 1. The average Bonchev–Trinajstić information content (AvgIpc) is 3.17. The molecule has 1 aromatic carbocycles. The molecule has 0 aliphatic carbocycles. The summed E-state index contributed by atoms with van der Waals surface area (Å²) in [6.07, 6.45) is 1.69. The number of aromatic nitrogens is 3. The summed E-state index contributed by atoms with van der Waals surface area (Å²) in [4.78, 5) is 4.41. The third-order valence-corrected chi connectivity index (χ3v) is 4.69. The van der Waals surface area contributed by atoms with Crippen molar-refractivity contribution >= 4 is 0 Å². The number of rotatable bonds is 5. The van der Waals surface area contributed by atoms with Gasteiger partial charge in [-0.25, -0.2) is 0 Å². The van der Waals surface area contributed by atoms with Crippen LogP contribution in [0.5, 0.6) is 17.4 Å². The van der Waals surface area contributed by atoms with Gasteiger partial charge >= 0.3 is 0 Å². The Balaban J connectivity index is 1.99. The number of para-hydroxylation sites is 1. The molecule has 0 radical (unpaired) electrons. The van der Waals surface area contributed by atoms with E-state index in [-0.39, 0.29) is 11.5 Å². The lowest BCUT2D eigenvalue weighted by Gasteiger charge is -2.26. The molecule has 0 saturated heterocycles. The zero-order valence-electron chi connectivity index (χ0n) is 16.0. The van der Waals surface area contributed by atoms with Crippen molar-refractivity contribution in [1.29, 1.82) is 5.26 Å². The first-order valence-electron chi connectivity index (χ1n) is 9.06. The molecule has 0 spiro atoms. The molecule has 1 atom stereocenters. The Morgan fingerprint density at radius 1 is 1.28 bits per heavy atom. The molecule has 1 unspecified atom stereocenters. The van der Waals surface area contributed by atoms with Gasteiger partial charge < -0.3 is 19.9 Å². The van der Waals surface area contributed by atoms with Gasteiger partial charge in [-0.05, 0) is 25.1 Å². The lowest BCUT2D eigenvalue weighted by molar-refractivity contribution is 0.306. The molecule has 4 rings (SSSR count). The molecule has 3 aromatic rings. The molecule has 0 bridgehead atoms. The van der Waals surface area contributed by atoms with E-state index in [0.717, 1.165) is 5.56 Å². The standard InChI is InChI=1S/C21H19N5O3/c1-3-28-19-12(7-6-9-15(19)27-2)16-13(11-22)20(23)29-21-17(16)18(25-26-21)14-8-4-5-10-24-14/h4-10,16H,3,23H2,1-2H3,(H,25,26). The maximum absolute atomic E-state index is 9.88. The fourth-order valence-corrected chi connectivity index (χ4v) is 3.48. The zero-order chi connectivity index (χ0) is 20.4. The van der Waals surface area contributed by atoms with Gasteiger partial charge in [0.25, 0.3) is 0 Å². The number of aromatic amines is 1. The maximum Gasteiger partial charge on any atom is 0.244 e. The molecule has 2 aromatic heterocycles. The van der Waals surface area contributed by atoms with Crippen LogP contribution in [0.25, 0.3) is 11.4 Å². The van der Waals surface area contributed by atoms with Crippen LogP contribution in [0.4, 0.5) is 0 Å². The highest BCUT2D eigenvalue weighted by atomic mass is 16.5. The lowest BCUT2D eigenvalue weighted by Crippen LogP contribution is -2.21. The summed E-state index contributed by atoms with van der Waals surface area (Å²) in [5, 5.41) is 17.1. The Hall–Kier alpha value is -3.99. The number of fused-ring (bicyclic) bond motifs is 1. The van der Waals surface area contributed by atoms with Crippen LogP contribution in [-0.2, 0) is 0 Å². The van der Waals surface area contributed by atoms with E-state index >= 15 is 0 Å². The van der Waals surface area contributed by atoms with Crippen molar-refractivity contribution in [3.8, 4) is 34.8 Å². The quantitative estimate of drug-likeness (QED) is 0.688. The average molecular weight is 389 g/mol. The van der Waals surface area contributed by atoms with E-state index in [1.807, 2.05) is 43.3 Å². The van der Waals surface area contributed by atoms with Crippen molar-refractivity contribution in [1.82, 2.24) is 15.2 Å². The van der Waals surface area contributed by atoms with Crippen LogP contribution in [0, 0.1) is 11.3 Å². The number of nitriles is 1. The van der Waals surface area contributed by atoms with Gasteiger partial charge in [0.2, 0.25) is 11.8 Å². The predicted molar refractivity (Wildman–Crippen MR) is 105 cm³/mol. The second-order valence-corrected chi connectivity index (χ2v) is 6.27. The molecule has 1 aliphatic heterocycles. The van der Waals surface area contributed by atoms with Gasteiger partial charge in [-0.3, -0.25) is 10.1 Å². The summed E-state index contributed by atoms with van der Waals surface area (Å²) in [6.45, 7) is 2.32. The molecule has 3 heterocycles. The maximum atomic E-state index is 9.88. The van der Waals surface area contributed by atoms with E-state index in [0.29, 0.717) is 40.9 Å². The monoisotopic (exact) mass is 389 g/mol. The Kier molecular flexibility index (Phi) is 4.79. The topological polar surface area (TPSA) is 119 Å². The molecule has 29 heavy (non-hydrogen) atoms. The summed E-state index contributed by atoms with van der Waals surface area (Å²) in [7, 11) is 1.57. The molecule has 1 aliphatic rings. The summed E-state index contributed by atoms with van der Waals surface area (Å²) < 4.78 is 17.0. The third-order valence-electron chi connectivity index (χ3n) is 4.69. The Morgan fingerprint density at radius 3 is 2.83 bits per heavy atom. The molecular formula is C21H19N5O3.